The third-order valence-corrected chi connectivity index (χ3v) is 3.58. The number of hydrogen-bond donors (Lipinski definition) is 2. The fraction of sp³-hybridized carbons (Fsp3) is 0.818. The summed E-state index contributed by atoms with van der Waals surface area (Å²) in [7, 11) is 0. The first kappa shape index (κ1) is 18.9. The van der Waals surface area contributed by atoms with Gasteiger partial charge in [0.05, 0.1) is 0 Å². The van der Waals surface area contributed by atoms with E-state index in [-0.39, 0.29) is 0 Å². The van der Waals surface area contributed by atoms with E-state index in [1.807, 2.05) is 19.9 Å². The van der Waals surface area contributed by atoms with Crippen LogP contribution in [0.4, 0.5) is 0 Å². The van der Waals surface area contributed by atoms with E-state index in [9.17, 15) is 8.42 Å². The Morgan fingerprint density at radius 1 is 1.32 bits per heavy atom. The maximum Gasteiger partial charge on any atom is 0.302 e. The molecule has 3 atom stereocenters. The molecule has 19 heavy (non-hydrogen) atoms. The van der Waals surface area contributed by atoms with Gasteiger partial charge in [-0.3, -0.25) is 17.5 Å². The van der Waals surface area contributed by atoms with Crippen molar-refractivity contribution >= 4 is 22.7 Å². The lowest BCUT2D eigenvalue weighted by Gasteiger charge is -2.30. The molecule has 0 aliphatic heterocycles. The Morgan fingerprint density at radius 3 is 2.32 bits per heavy atom. The van der Waals surface area contributed by atoms with Crippen molar-refractivity contribution in [1.82, 2.24) is 0 Å². The Bertz CT molecular complexity index is 353. The second-order valence-corrected chi connectivity index (χ2v) is 5.93. The van der Waals surface area contributed by atoms with Crippen molar-refractivity contribution < 1.29 is 25.9 Å². The van der Waals surface area contributed by atoms with Crippen molar-refractivity contribution in [3.8, 4) is 0 Å². The Morgan fingerprint density at radius 2 is 1.89 bits per heavy atom. The molecule has 0 aromatic rings. The van der Waals surface area contributed by atoms with E-state index in [1.165, 1.54) is 13.8 Å². The summed E-state index contributed by atoms with van der Waals surface area (Å²) in [5, 5.41) is 0. The molecule has 0 saturated heterocycles. The highest BCUT2D eigenvalue weighted by atomic mass is 32.2. The lowest BCUT2D eigenvalue weighted by atomic mass is 9.96. The summed E-state index contributed by atoms with van der Waals surface area (Å²) in [5.41, 5.74) is -0.0226. The lowest BCUT2D eigenvalue weighted by Crippen LogP contribution is -2.41. The fourth-order valence-corrected chi connectivity index (χ4v) is 2.66. The first-order chi connectivity index (χ1) is 8.69. The minimum atomic E-state index is -2.46. The molecule has 0 aliphatic rings. The van der Waals surface area contributed by atoms with Crippen molar-refractivity contribution in [2.75, 3.05) is 0 Å². The zero-order valence-corrected chi connectivity index (χ0v) is 13.3. The van der Waals surface area contributed by atoms with Crippen LogP contribution in [0.15, 0.2) is 11.6 Å². The van der Waals surface area contributed by atoms with Crippen LogP contribution in [0.25, 0.3) is 0 Å². The molecule has 0 amide bonds. The maximum absolute atomic E-state index is 10.8. The Hall–Kier alpha value is -0.120. The molecule has 2 N–H and O–H groups in total. The summed E-state index contributed by atoms with van der Waals surface area (Å²) in [6.45, 7) is 7.05. The molecular formula is C11H22O6S2. The maximum atomic E-state index is 10.8. The van der Waals surface area contributed by atoms with Gasteiger partial charge in [0.15, 0.2) is 0 Å². The van der Waals surface area contributed by atoms with Crippen molar-refractivity contribution in [2.45, 2.75) is 58.7 Å². The second kappa shape index (κ2) is 8.93. The van der Waals surface area contributed by atoms with Gasteiger partial charge in [-0.05, 0) is 40.0 Å². The third-order valence-electron chi connectivity index (χ3n) is 2.61. The van der Waals surface area contributed by atoms with E-state index >= 15 is 0 Å². The standard InChI is InChI=1S/C11H22O6S2/c1-5-6-9(2)7-8-10(16-18(12)13)11(3,4)17-19(14)15/h6,10H,5,7-8H2,1-4H3,(H,12,13)(H,14,15)/b9-6+. The highest BCUT2D eigenvalue weighted by molar-refractivity contribution is 7.74. The van der Waals surface area contributed by atoms with Gasteiger partial charge < -0.3 is 0 Å². The van der Waals surface area contributed by atoms with Gasteiger partial charge >= 0.3 is 22.7 Å². The highest BCUT2D eigenvalue weighted by Gasteiger charge is 2.35. The van der Waals surface area contributed by atoms with E-state index in [1.54, 1.807) is 0 Å². The highest BCUT2D eigenvalue weighted by Crippen LogP contribution is 2.25. The summed E-state index contributed by atoms with van der Waals surface area (Å²) in [5.74, 6) is 0. The molecule has 0 fully saturated rings. The minimum absolute atomic E-state index is 0.416. The van der Waals surface area contributed by atoms with Crippen LogP contribution in [0, 0.1) is 0 Å². The summed E-state index contributed by atoms with van der Waals surface area (Å²) < 4.78 is 48.8. The molecule has 0 rings (SSSR count). The largest absolute Gasteiger partial charge is 0.302 e. The molecule has 0 aliphatic carbocycles. The van der Waals surface area contributed by atoms with Crippen LogP contribution < -0.4 is 0 Å². The van der Waals surface area contributed by atoms with Crippen molar-refractivity contribution in [3.05, 3.63) is 11.6 Å². The van der Waals surface area contributed by atoms with Gasteiger partial charge in [0.2, 0.25) is 0 Å². The quantitative estimate of drug-likeness (QED) is 0.502. The van der Waals surface area contributed by atoms with Crippen LogP contribution in [-0.2, 0) is 31.1 Å². The van der Waals surface area contributed by atoms with Gasteiger partial charge in [-0.1, -0.05) is 18.6 Å². The zero-order valence-electron chi connectivity index (χ0n) is 11.6. The average molecular weight is 314 g/mol. The Kier molecular flexibility index (Phi) is 8.88. The molecular weight excluding hydrogens is 292 g/mol. The van der Waals surface area contributed by atoms with Crippen LogP contribution in [0.5, 0.6) is 0 Å². The topological polar surface area (TPSA) is 93.1 Å². The van der Waals surface area contributed by atoms with E-state index in [0.717, 1.165) is 12.0 Å². The van der Waals surface area contributed by atoms with Gasteiger partial charge in [0.25, 0.3) is 0 Å². The van der Waals surface area contributed by atoms with Gasteiger partial charge in [-0.2, -0.15) is 8.42 Å². The number of allylic oxidation sites excluding steroid dienone is 2. The Labute approximate surface area is 119 Å². The predicted octanol–water partition coefficient (Wildman–Crippen LogP) is 2.58. The van der Waals surface area contributed by atoms with Crippen molar-refractivity contribution in [3.63, 3.8) is 0 Å². The molecule has 0 heterocycles. The summed E-state index contributed by atoms with van der Waals surface area (Å²) in [4.78, 5) is 0. The molecule has 3 unspecified atom stereocenters. The van der Waals surface area contributed by atoms with E-state index in [0.29, 0.717) is 12.8 Å². The van der Waals surface area contributed by atoms with E-state index in [4.69, 9.17) is 17.5 Å². The average Bonchev–Trinajstić information content (AvgIpc) is 2.22. The SMILES string of the molecule is CC/C=C(\C)CCC(OS(=O)O)C(C)(C)OS(=O)O. The summed E-state index contributed by atoms with van der Waals surface area (Å²) >= 11 is -4.92. The third kappa shape index (κ3) is 8.61. The van der Waals surface area contributed by atoms with E-state index < -0.39 is 34.4 Å². The molecule has 0 radical (unpaired) electrons. The molecule has 8 heteroatoms. The van der Waals surface area contributed by atoms with Gasteiger partial charge in [0, 0.05) is 0 Å². The van der Waals surface area contributed by atoms with Gasteiger partial charge in [0.1, 0.15) is 11.7 Å². The minimum Gasteiger partial charge on any atom is -0.284 e. The molecule has 6 nitrogen and oxygen atoms in total. The second-order valence-electron chi connectivity index (χ2n) is 4.70. The number of hydrogen-bond acceptors (Lipinski definition) is 4. The monoisotopic (exact) mass is 314 g/mol. The van der Waals surface area contributed by atoms with Gasteiger partial charge in [-0.25, -0.2) is 0 Å². The summed E-state index contributed by atoms with van der Waals surface area (Å²) in [6.07, 6.45) is 3.25. The first-order valence-corrected chi connectivity index (χ1v) is 7.99. The van der Waals surface area contributed by atoms with Crippen LogP contribution in [0.3, 0.4) is 0 Å². The molecule has 0 aromatic carbocycles. The molecule has 0 saturated carbocycles. The zero-order chi connectivity index (χ0) is 15.1. The van der Waals surface area contributed by atoms with Crippen molar-refractivity contribution in [2.24, 2.45) is 0 Å². The fourth-order valence-electron chi connectivity index (χ4n) is 1.66. The smallest absolute Gasteiger partial charge is 0.284 e. The van der Waals surface area contributed by atoms with E-state index in [2.05, 4.69) is 0 Å². The van der Waals surface area contributed by atoms with Crippen LogP contribution in [-0.4, -0.2) is 29.2 Å². The van der Waals surface area contributed by atoms with Crippen LogP contribution >= 0.6 is 0 Å². The summed E-state index contributed by atoms with van der Waals surface area (Å²) in [6, 6.07) is 0. The first-order valence-electron chi connectivity index (χ1n) is 5.93. The molecule has 114 valence electrons. The van der Waals surface area contributed by atoms with Crippen LogP contribution in [0.1, 0.15) is 47.0 Å². The number of rotatable bonds is 9. The normalized spacial score (nSPS) is 18.1. The molecule has 0 spiro atoms. The predicted molar refractivity (Wildman–Crippen MR) is 74.9 cm³/mol. The van der Waals surface area contributed by atoms with Gasteiger partial charge in [-0.15, -0.1) is 0 Å². The molecule has 0 bridgehead atoms. The van der Waals surface area contributed by atoms with Crippen LogP contribution in [0.2, 0.25) is 0 Å². The Balaban J connectivity index is 4.75. The van der Waals surface area contributed by atoms with Crippen molar-refractivity contribution in [1.29, 1.82) is 0 Å². The lowest BCUT2D eigenvalue weighted by molar-refractivity contribution is -0.0111. The molecule has 0 aromatic heterocycles.